The Morgan fingerprint density at radius 2 is 1.79 bits per heavy atom. The van der Waals surface area contributed by atoms with E-state index in [4.69, 9.17) is 0 Å². The number of ketones is 1. The molecule has 156 valence electrons. The second kappa shape index (κ2) is 9.07. The Labute approximate surface area is 176 Å². The number of rotatable bonds is 6. The molecule has 1 unspecified atom stereocenters. The van der Waals surface area contributed by atoms with Crippen LogP contribution in [0.5, 0.6) is 0 Å². The zero-order valence-corrected chi connectivity index (χ0v) is 18.3. The van der Waals surface area contributed by atoms with Gasteiger partial charge in [0.05, 0.1) is 11.3 Å². The average Bonchev–Trinajstić information content (AvgIpc) is 3.16. The molecule has 0 spiro atoms. The molecule has 2 aromatic rings. The maximum absolute atomic E-state index is 12.9. The van der Waals surface area contributed by atoms with Crippen molar-refractivity contribution in [1.29, 1.82) is 0 Å². The van der Waals surface area contributed by atoms with Gasteiger partial charge < -0.3 is 5.32 Å². The lowest BCUT2D eigenvalue weighted by Gasteiger charge is -2.22. The van der Waals surface area contributed by atoms with Gasteiger partial charge in [0.2, 0.25) is 11.1 Å². The van der Waals surface area contributed by atoms with Crippen molar-refractivity contribution in [3.05, 3.63) is 29.8 Å². The predicted octanol–water partition coefficient (Wildman–Crippen LogP) is 4.53. The third-order valence-corrected chi connectivity index (χ3v) is 6.19. The number of hydrogen-bond acceptors (Lipinski definition) is 6. The summed E-state index contributed by atoms with van der Waals surface area (Å²) in [6.45, 7) is 7.46. The van der Waals surface area contributed by atoms with E-state index < -0.39 is 5.41 Å². The van der Waals surface area contributed by atoms with E-state index in [1.165, 1.54) is 31.0 Å². The fourth-order valence-corrected chi connectivity index (χ4v) is 4.24. The van der Waals surface area contributed by atoms with Gasteiger partial charge in [0, 0.05) is 16.7 Å². The van der Waals surface area contributed by atoms with Crippen molar-refractivity contribution in [1.82, 2.24) is 20.2 Å². The molecular weight excluding hydrogens is 386 g/mol. The molecule has 1 saturated carbocycles. The molecule has 1 aromatic heterocycles. The first-order valence-electron chi connectivity index (χ1n) is 10.2. The molecule has 7 nitrogen and oxygen atoms in total. The molecule has 1 heterocycles. The Balaban J connectivity index is 1.63. The van der Waals surface area contributed by atoms with E-state index in [1.54, 1.807) is 24.3 Å². The van der Waals surface area contributed by atoms with Gasteiger partial charge in [0.1, 0.15) is 0 Å². The summed E-state index contributed by atoms with van der Waals surface area (Å²) in [6.07, 6.45) is 5.83. The number of Topliss-reactive ketones (excluding diaryl/α,β-unsaturated/α-hetero) is 1. The van der Waals surface area contributed by atoms with Gasteiger partial charge in [-0.1, -0.05) is 51.8 Å². The van der Waals surface area contributed by atoms with Gasteiger partial charge in [-0.05, 0) is 54.5 Å². The van der Waals surface area contributed by atoms with E-state index in [1.807, 2.05) is 32.4 Å². The van der Waals surface area contributed by atoms with E-state index in [0.717, 1.165) is 12.8 Å². The second-order valence-corrected chi connectivity index (χ2v) is 9.91. The van der Waals surface area contributed by atoms with E-state index >= 15 is 0 Å². The molecule has 0 saturated heterocycles. The fraction of sp³-hybridized carbons (Fsp3) is 0.571. The zero-order chi connectivity index (χ0) is 21.0. The number of amides is 1. The van der Waals surface area contributed by atoms with Gasteiger partial charge >= 0.3 is 0 Å². The van der Waals surface area contributed by atoms with E-state index in [9.17, 15) is 9.59 Å². The second-order valence-electron chi connectivity index (χ2n) is 8.60. The van der Waals surface area contributed by atoms with Crippen molar-refractivity contribution < 1.29 is 9.59 Å². The molecule has 1 fully saturated rings. The normalized spacial score (nSPS) is 16.4. The van der Waals surface area contributed by atoms with Crippen LogP contribution < -0.4 is 5.32 Å². The number of carbonyl (C=O) groups is 2. The maximum atomic E-state index is 12.9. The minimum Gasteiger partial charge on any atom is -0.326 e. The summed E-state index contributed by atoms with van der Waals surface area (Å²) >= 11 is 1.40. The summed E-state index contributed by atoms with van der Waals surface area (Å²) in [5.41, 5.74) is 0.820. The van der Waals surface area contributed by atoms with Crippen LogP contribution in [-0.4, -0.2) is 37.1 Å². The number of benzene rings is 1. The van der Waals surface area contributed by atoms with Crippen LogP contribution in [-0.2, 0) is 4.79 Å². The third kappa shape index (κ3) is 5.44. The molecule has 8 heteroatoms. The zero-order valence-electron chi connectivity index (χ0n) is 17.5. The molecule has 0 aliphatic heterocycles. The first kappa shape index (κ1) is 21.5. The number of anilines is 1. The number of tetrazole rings is 1. The third-order valence-electron chi connectivity index (χ3n) is 5.14. The quantitative estimate of drug-likeness (QED) is 0.551. The largest absolute Gasteiger partial charge is 0.326 e. The molecular formula is C21H29N5O2S. The number of carbonyl (C=O) groups excluding carboxylic acids is 2. The number of nitrogens with one attached hydrogen (secondary N) is 1. The standard InChI is InChI=1S/C21H29N5O2S/c1-14(29-20-23-24-25-26(20)17-8-6-5-7-9-17)18(27)15-10-12-16(13-11-15)22-19(28)21(2,3)4/h10-14,17H,5-9H2,1-4H3,(H,22,28). The van der Waals surface area contributed by atoms with Crippen LogP contribution in [0.1, 0.15) is 76.2 Å². The fourth-order valence-electron chi connectivity index (χ4n) is 3.30. The van der Waals surface area contributed by atoms with Crippen LogP contribution in [0, 0.1) is 5.41 Å². The highest BCUT2D eigenvalue weighted by Crippen LogP contribution is 2.32. The summed E-state index contributed by atoms with van der Waals surface area (Å²) in [4.78, 5) is 25.0. The minimum atomic E-state index is -0.470. The van der Waals surface area contributed by atoms with E-state index in [2.05, 4.69) is 20.8 Å². The number of nitrogens with zero attached hydrogens (tertiary/aromatic N) is 4. The van der Waals surface area contributed by atoms with Crippen molar-refractivity contribution in [2.24, 2.45) is 5.41 Å². The van der Waals surface area contributed by atoms with Crippen LogP contribution in [0.2, 0.25) is 0 Å². The molecule has 1 aliphatic rings. The molecule has 1 atom stereocenters. The topological polar surface area (TPSA) is 89.8 Å². The van der Waals surface area contributed by atoms with Gasteiger partial charge in [-0.15, -0.1) is 5.10 Å². The molecule has 3 rings (SSSR count). The maximum Gasteiger partial charge on any atom is 0.229 e. The molecule has 0 radical (unpaired) electrons. The lowest BCUT2D eigenvalue weighted by molar-refractivity contribution is -0.123. The molecule has 0 bridgehead atoms. The highest BCUT2D eigenvalue weighted by Gasteiger charge is 2.25. The first-order valence-corrected chi connectivity index (χ1v) is 11.0. The van der Waals surface area contributed by atoms with Gasteiger partial charge in [-0.3, -0.25) is 9.59 Å². The highest BCUT2D eigenvalue weighted by molar-refractivity contribution is 8.00. The van der Waals surface area contributed by atoms with E-state index in [0.29, 0.717) is 22.4 Å². The van der Waals surface area contributed by atoms with Crippen LogP contribution in [0.15, 0.2) is 29.4 Å². The van der Waals surface area contributed by atoms with Crippen LogP contribution in [0.4, 0.5) is 5.69 Å². The Morgan fingerprint density at radius 1 is 1.14 bits per heavy atom. The van der Waals surface area contributed by atoms with Crippen molar-refractivity contribution in [2.75, 3.05) is 5.32 Å². The Hall–Kier alpha value is -2.22. The van der Waals surface area contributed by atoms with E-state index in [-0.39, 0.29) is 16.9 Å². The monoisotopic (exact) mass is 415 g/mol. The van der Waals surface area contributed by atoms with Crippen molar-refractivity contribution in [2.45, 2.75) is 76.2 Å². The lowest BCUT2D eigenvalue weighted by Crippen LogP contribution is -2.27. The van der Waals surface area contributed by atoms with Crippen molar-refractivity contribution in [3.63, 3.8) is 0 Å². The Bertz CT molecular complexity index is 851. The summed E-state index contributed by atoms with van der Waals surface area (Å²) in [6, 6.07) is 7.36. The van der Waals surface area contributed by atoms with Crippen LogP contribution >= 0.6 is 11.8 Å². The highest BCUT2D eigenvalue weighted by atomic mass is 32.2. The van der Waals surface area contributed by atoms with Crippen LogP contribution in [0.3, 0.4) is 0 Å². The van der Waals surface area contributed by atoms with Crippen LogP contribution in [0.25, 0.3) is 0 Å². The molecule has 1 amide bonds. The van der Waals surface area contributed by atoms with Crippen molar-refractivity contribution >= 4 is 29.1 Å². The lowest BCUT2D eigenvalue weighted by atomic mass is 9.95. The minimum absolute atomic E-state index is 0.0156. The number of aromatic nitrogens is 4. The molecule has 1 N–H and O–H groups in total. The Morgan fingerprint density at radius 3 is 2.41 bits per heavy atom. The van der Waals surface area contributed by atoms with Gasteiger partial charge in [0.15, 0.2) is 5.78 Å². The molecule has 1 aromatic carbocycles. The molecule has 1 aliphatic carbocycles. The summed E-state index contributed by atoms with van der Waals surface area (Å²) < 4.78 is 1.89. The molecule has 29 heavy (non-hydrogen) atoms. The van der Waals surface area contributed by atoms with Crippen molar-refractivity contribution in [3.8, 4) is 0 Å². The SMILES string of the molecule is CC(Sc1nnnn1C1CCCCC1)C(=O)c1ccc(NC(=O)C(C)(C)C)cc1. The smallest absolute Gasteiger partial charge is 0.229 e. The predicted molar refractivity (Wildman–Crippen MR) is 114 cm³/mol. The average molecular weight is 416 g/mol. The number of hydrogen-bond donors (Lipinski definition) is 1. The van der Waals surface area contributed by atoms with Gasteiger partial charge in [-0.25, -0.2) is 4.68 Å². The Kier molecular flexibility index (Phi) is 6.72. The van der Waals surface area contributed by atoms with Gasteiger partial charge in [0.25, 0.3) is 0 Å². The number of thioether (sulfide) groups is 1. The first-order chi connectivity index (χ1) is 13.8. The summed E-state index contributed by atoms with van der Waals surface area (Å²) in [5, 5.41) is 15.4. The summed E-state index contributed by atoms with van der Waals surface area (Å²) in [5.74, 6) is -0.0445. The van der Waals surface area contributed by atoms with Gasteiger partial charge in [-0.2, -0.15) is 0 Å². The summed E-state index contributed by atoms with van der Waals surface area (Å²) in [7, 11) is 0.